The summed E-state index contributed by atoms with van der Waals surface area (Å²) in [5.74, 6) is -2.66. The molecule has 1 aromatic carbocycles. The Kier molecular flexibility index (Phi) is 6.83. The zero-order valence-electron chi connectivity index (χ0n) is 23.8. The van der Waals surface area contributed by atoms with Gasteiger partial charge in [0.05, 0.1) is 17.5 Å². The number of carboxylic acid groups (broad SMARTS) is 1. The van der Waals surface area contributed by atoms with Crippen LogP contribution in [0.1, 0.15) is 13.8 Å². The summed E-state index contributed by atoms with van der Waals surface area (Å²) in [6, 6.07) is 7.24. The Morgan fingerprint density at radius 2 is 1.88 bits per heavy atom. The maximum atomic E-state index is 14.8. The molecule has 5 aromatic rings. The first-order chi connectivity index (χ1) is 20.4. The van der Waals surface area contributed by atoms with Gasteiger partial charge in [0.1, 0.15) is 17.0 Å². The van der Waals surface area contributed by atoms with Gasteiger partial charge in [-0.1, -0.05) is 0 Å². The molecule has 4 aromatic heterocycles. The minimum Gasteiger partial charge on any atom is -0.478 e. The topological polar surface area (TPSA) is 149 Å². The summed E-state index contributed by atoms with van der Waals surface area (Å²) in [5.41, 5.74) is 6.62. The van der Waals surface area contributed by atoms with Crippen LogP contribution in [0.4, 0.5) is 20.4 Å². The van der Waals surface area contributed by atoms with Gasteiger partial charge >= 0.3 is 11.7 Å². The largest absolute Gasteiger partial charge is 0.478 e. The minimum atomic E-state index is -1.70. The molecule has 15 heteroatoms. The fourth-order valence-corrected chi connectivity index (χ4v) is 5.28. The normalized spacial score (nSPS) is 14.7. The van der Waals surface area contributed by atoms with Crippen molar-refractivity contribution in [2.45, 2.75) is 26.0 Å². The third-order valence-electron chi connectivity index (χ3n) is 7.72. The number of piperazine rings is 1. The van der Waals surface area contributed by atoms with Crippen LogP contribution < -0.4 is 21.1 Å². The number of furan rings is 1. The van der Waals surface area contributed by atoms with Crippen LogP contribution >= 0.6 is 0 Å². The van der Waals surface area contributed by atoms with Gasteiger partial charge in [0, 0.05) is 58.4 Å². The van der Waals surface area contributed by atoms with E-state index in [1.165, 1.54) is 29.0 Å². The van der Waals surface area contributed by atoms with E-state index in [4.69, 9.17) is 14.9 Å². The first-order valence-electron chi connectivity index (χ1n) is 13.6. The van der Waals surface area contributed by atoms with Crippen molar-refractivity contribution in [3.05, 3.63) is 58.7 Å². The number of nitrogen functional groups attached to an aromatic ring is 1. The van der Waals surface area contributed by atoms with Crippen molar-refractivity contribution in [1.29, 1.82) is 0 Å². The zero-order valence-corrected chi connectivity index (χ0v) is 23.8. The lowest BCUT2D eigenvalue weighted by atomic mass is 10.1. The Morgan fingerprint density at radius 1 is 1.14 bits per heavy atom. The molecule has 1 aliphatic rings. The van der Waals surface area contributed by atoms with E-state index < -0.39 is 23.2 Å². The fourth-order valence-electron chi connectivity index (χ4n) is 5.28. The number of nitrogens with two attached hydrogens (primary N) is 1. The van der Waals surface area contributed by atoms with Crippen LogP contribution in [0.3, 0.4) is 0 Å². The molecule has 13 nitrogen and oxygen atoms in total. The fraction of sp³-hybridized carbons (Fsp3) is 0.357. The van der Waals surface area contributed by atoms with Crippen LogP contribution in [0.2, 0.25) is 0 Å². The van der Waals surface area contributed by atoms with Crippen LogP contribution in [-0.4, -0.2) is 78.0 Å². The first kappa shape index (κ1) is 28.2. The number of anilines is 2. The van der Waals surface area contributed by atoms with Crippen LogP contribution in [-0.2, 0) is 18.4 Å². The molecule has 6 rings (SSSR count). The maximum Gasteiger partial charge on any atom is 0.347 e. The van der Waals surface area contributed by atoms with E-state index in [0.717, 1.165) is 0 Å². The molecule has 0 saturated carbocycles. The monoisotopic (exact) mass is 596 g/mol. The average Bonchev–Trinajstić information content (AvgIpc) is 3.69. The smallest absolute Gasteiger partial charge is 0.347 e. The summed E-state index contributed by atoms with van der Waals surface area (Å²) in [6.07, 6.45) is 1.55. The van der Waals surface area contributed by atoms with Gasteiger partial charge in [-0.15, -0.1) is 0 Å². The number of aryl methyl sites for hydroxylation is 1. The SMILES string of the molecule is Cn1c(=O)n(CCN2CCN(c3cc(OC(C)(C)C(=O)O)c(F)cc3F)CC2)c2nc(N)n3nc(-c4ccco4)cc3c21. The Bertz CT molecular complexity index is 1900. The van der Waals surface area contributed by atoms with Gasteiger partial charge in [0.2, 0.25) is 5.95 Å². The van der Waals surface area contributed by atoms with Crippen LogP contribution in [0.5, 0.6) is 5.75 Å². The van der Waals surface area contributed by atoms with Crippen molar-refractivity contribution < 1.29 is 27.8 Å². The standard InChI is InChI=1S/C28H30F2N8O5/c1-28(2,25(39)40)43-22-15-19(16(29)13-17(22)30)36-9-6-35(7-10-36)8-11-37-24-23(34(3)27(37)41)20-14-18(21-5-4-12-42-21)33-38(20)26(31)32-24/h4-5,12-15H,6-11H2,1-3H3,(H2,31,32)(H,39,40). The molecule has 43 heavy (non-hydrogen) atoms. The Morgan fingerprint density at radius 3 is 2.56 bits per heavy atom. The molecule has 0 spiro atoms. The second-order valence-corrected chi connectivity index (χ2v) is 10.9. The predicted octanol–water partition coefficient (Wildman–Crippen LogP) is 2.57. The van der Waals surface area contributed by atoms with Crippen molar-refractivity contribution >= 4 is 34.3 Å². The van der Waals surface area contributed by atoms with Crippen LogP contribution in [0.15, 0.2) is 45.8 Å². The summed E-state index contributed by atoms with van der Waals surface area (Å²) in [5, 5.41) is 13.8. The van der Waals surface area contributed by atoms with Gasteiger partial charge < -0.3 is 24.9 Å². The highest BCUT2D eigenvalue weighted by Gasteiger charge is 2.32. The summed E-state index contributed by atoms with van der Waals surface area (Å²) < 4.78 is 44.6. The third kappa shape index (κ3) is 4.94. The third-order valence-corrected chi connectivity index (χ3v) is 7.72. The average molecular weight is 597 g/mol. The second kappa shape index (κ2) is 10.4. The van der Waals surface area contributed by atoms with Crippen molar-refractivity contribution in [2.24, 2.45) is 7.05 Å². The lowest BCUT2D eigenvalue weighted by molar-refractivity contribution is -0.152. The molecule has 0 aliphatic carbocycles. The lowest BCUT2D eigenvalue weighted by Gasteiger charge is -2.36. The maximum absolute atomic E-state index is 14.8. The van der Waals surface area contributed by atoms with E-state index in [1.807, 2.05) is 0 Å². The number of rotatable bonds is 8. The number of halogens is 2. The quantitative estimate of drug-likeness (QED) is 0.274. The van der Waals surface area contributed by atoms with Crippen molar-refractivity contribution in [3.8, 4) is 17.2 Å². The van der Waals surface area contributed by atoms with Gasteiger partial charge in [-0.05, 0) is 32.0 Å². The number of ether oxygens (including phenoxy) is 1. The Balaban J connectivity index is 1.18. The van der Waals surface area contributed by atoms with Crippen molar-refractivity contribution in [3.63, 3.8) is 0 Å². The molecule has 3 N–H and O–H groups in total. The van der Waals surface area contributed by atoms with Gasteiger partial charge in [0.25, 0.3) is 0 Å². The van der Waals surface area contributed by atoms with Crippen LogP contribution in [0.25, 0.3) is 28.1 Å². The number of nitrogens with zero attached hydrogens (tertiary/aromatic N) is 7. The highest BCUT2D eigenvalue weighted by atomic mass is 19.1. The molecular weight excluding hydrogens is 566 g/mol. The molecule has 5 heterocycles. The van der Waals surface area contributed by atoms with Gasteiger partial charge in [-0.2, -0.15) is 14.6 Å². The van der Waals surface area contributed by atoms with Crippen LogP contribution in [0, 0.1) is 11.6 Å². The van der Waals surface area contributed by atoms with Gasteiger partial charge in [0.15, 0.2) is 28.6 Å². The van der Waals surface area contributed by atoms with E-state index in [9.17, 15) is 23.5 Å². The number of hydrogen-bond donors (Lipinski definition) is 2. The number of hydrogen-bond acceptors (Lipinski definition) is 9. The molecule has 1 aliphatic heterocycles. The number of aliphatic carboxylic acids is 1. The molecule has 0 unspecified atom stereocenters. The van der Waals surface area contributed by atoms with Gasteiger partial charge in [-0.25, -0.2) is 18.4 Å². The number of benzene rings is 1. The summed E-state index contributed by atoms with van der Waals surface area (Å²) in [7, 11) is 1.67. The number of carboxylic acids is 1. The summed E-state index contributed by atoms with van der Waals surface area (Å²) >= 11 is 0. The lowest BCUT2D eigenvalue weighted by Crippen LogP contribution is -2.48. The molecule has 0 bridgehead atoms. The van der Waals surface area contributed by atoms with Gasteiger partial charge in [-0.3, -0.25) is 14.0 Å². The Hall–Kier alpha value is -4.92. The summed E-state index contributed by atoms with van der Waals surface area (Å²) in [6.45, 7) is 5.37. The highest BCUT2D eigenvalue weighted by molar-refractivity contribution is 5.91. The molecule has 0 amide bonds. The van der Waals surface area contributed by atoms with E-state index >= 15 is 0 Å². The molecule has 0 atom stereocenters. The Labute approximate surface area is 243 Å². The number of carbonyl (C=O) groups is 1. The molecule has 1 fully saturated rings. The molecule has 0 radical (unpaired) electrons. The van der Waals surface area contributed by atoms with E-state index in [-0.39, 0.29) is 23.1 Å². The number of fused-ring (bicyclic) bond motifs is 3. The molecule has 1 saturated heterocycles. The highest BCUT2D eigenvalue weighted by Crippen LogP contribution is 2.31. The second-order valence-electron chi connectivity index (χ2n) is 10.9. The number of aromatic nitrogens is 5. The van der Waals surface area contributed by atoms with Crippen molar-refractivity contribution in [1.82, 2.24) is 28.6 Å². The zero-order chi connectivity index (χ0) is 30.6. The first-order valence-corrected chi connectivity index (χ1v) is 13.6. The van der Waals surface area contributed by atoms with Crippen molar-refractivity contribution in [2.75, 3.05) is 43.4 Å². The van der Waals surface area contributed by atoms with E-state index in [0.29, 0.717) is 73.5 Å². The molecule has 226 valence electrons. The predicted molar refractivity (Wildman–Crippen MR) is 153 cm³/mol. The van der Waals surface area contributed by atoms with E-state index in [1.54, 1.807) is 41.0 Å². The minimum absolute atomic E-state index is 0.126. The number of imidazole rings is 1. The summed E-state index contributed by atoms with van der Waals surface area (Å²) in [4.78, 5) is 33.1. The van der Waals surface area contributed by atoms with E-state index in [2.05, 4.69) is 15.0 Å². The molecular formula is C28H30F2N8O5.